The van der Waals surface area contributed by atoms with Crippen molar-refractivity contribution in [3.63, 3.8) is 0 Å². The van der Waals surface area contributed by atoms with E-state index in [-0.39, 0.29) is 35.6 Å². The minimum absolute atomic E-state index is 0. The SMILES string of the molecule is CCNC(=NCC(C)(C)NC(C)c1ccccc1)NC1CCN(c2ccccn2)CC1.I. The number of nitrogens with one attached hydrogen (secondary N) is 3. The van der Waals surface area contributed by atoms with Crippen LogP contribution in [-0.2, 0) is 0 Å². The lowest BCUT2D eigenvalue weighted by Crippen LogP contribution is -2.50. The van der Waals surface area contributed by atoms with Crippen molar-refractivity contribution in [1.82, 2.24) is 20.9 Å². The molecule has 1 aliphatic rings. The molecule has 1 aliphatic heterocycles. The van der Waals surface area contributed by atoms with Crippen molar-refractivity contribution in [2.24, 2.45) is 4.99 Å². The standard InChI is InChI=1S/C25H38N6.HI/c1-5-26-24(28-19-25(3,4)30-20(2)21-11-7-6-8-12-21)29-22-14-17-31(18-15-22)23-13-9-10-16-27-23;/h6-13,16,20,22,30H,5,14-15,17-19H2,1-4H3,(H2,26,28,29);1H. The van der Waals surface area contributed by atoms with Crippen LogP contribution in [0.15, 0.2) is 59.7 Å². The van der Waals surface area contributed by atoms with Gasteiger partial charge in [0.2, 0.25) is 0 Å². The molecule has 1 saturated heterocycles. The van der Waals surface area contributed by atoms with E-state index in [4.69, 9.17) is 4.99 Å². The van der Waals surface area contributed by atoms with Crippen LogP contribution in [0.2, 0.25) is 0 Å². The lowest BCUT2D eigenvalue weighted by Gasteiger charge is -2.34. The third kappa shape index (κ3) is 8.24. The van der Waals surface area contributed by atoms with Crippen molar-refractivity contribution in [2.45, 2.75) is 58.2 Å². The van der Waals surface area contributed by atoms with Gasteiger partial charge in [-0.2, -0.15) is 0 Å². The molecule has 32 heavy (non-hydrogen) atoms. The average molecular weight is 551 g/mol. The number of guanidine groups is 1. The summed E-state index contributed by atoms with van der Waals surface area (Å²) >= 11 is 0. The molecule has 0 aliphatic carbocycles. The van der Waals surface area contributed by atoms with Gasteiger partial charge in [-0.15, -0.1) is 24.0 Å². The summed E-state index contributed by atoms with van der Waals surface area (Å²) in [5.74, 6) is 1.97. The fourth-order valence-electron chi connectivity index (χ4n) is 4.04. The van der Waals surface area contributed by atoms with Crippen LogP contribution in [-0.4, -0.2) is 48.7 Å². The number of nitrogens with zero attached hydrogens (tertiary/aromatic N) is 3. The Labute approximate surface area is 210 Å². The molecule has 176 valence electrons. The molecule has 1 aromatic carbocycles. The van der Waals surface area contributed by atoms with Crippen LogP contribution in [0, 0.1) is 0 Å². The van der Waals surface area contributed by atoms with Crippen LogP contribution in [0.5, 0.6) is 0 Å². The minimum atomic E-state index is -0.111. The Morgan fingerprint density at radius 3 is 2.44 bits per heavy atom. The largest absolute Gasteiger partial charge is 0.357 e. The molecular formula is C25H39IN6. The van der Waals surface area contributed by atoms with E-state index < -0.39 is 0 Å². The number of pyridine rings is 1. The predicted molar refractivity (Wildman–Crippen MR) is 146 cm³/mol. The fraction of sp³-hybridized carbons (Fsp3) is 0.520. The first-order valence-corrected chi connectivity index (χ1v) is 11.5. The first-order chi connectivity index (χ1) is 15.0. The maximum absolute atomic E-state index is 4.91. The van der Waals surface area contributed by atoms with E-state index in [1.807, 2.05) is 12.3 Å². The highest BCUT2D eigenvalue weighted by Gasteiger charge is 2.23. The van der Waals surface area contributed by atoms with Gasteiger partial charge in [-0.1, -0.05) is 36.4 Å². The maximum Gasteiger partial charge on any atom is 0.191 e. The zero-order valence-electron chi connectivity index (χ0n) is 19.8. The minimum Gasteiger partial charge on any atom is -0.357 e. The lowest BCUT2D eigenvalue weighted by atomic mass is 10.0. The normalized spacial score (nSPS) is 16.2. The molecule has 0 bridgehead atoms. The highest BCUT2D eigenvalue weighted by atomic mass is 127. The van der Waals surface area contributed by atoms with Crippen LogP contribution < -0.4 is 20.9 Å². The quantitative estimate of drug-likeness (QED) is 0.259. The van der Waals surface area contributed by atoms with E-state index in [1.165, 1.54) is 5.56 Å². The van der Waals surface area contributed by atoms with Crippen molar-refractivity contribution in [1.29, 1.82) is 0 Å². The number of halogens is 1. The van der Waals surface area contributed by atoms with Gasteiger partial charge in [0.15, 0.2) is 5.96 Å². The van der Waals surface area contributed by atoms with Crippen molar-refractivity contribution in [3.05, 3.63) is 60.3 Å². The van der Waals surface area contributed by atoms with Crippen molar-refractivity contribution < 1.29 is 0 Å². The molecule has 2 aromatic rings. The summed E-state index contributed by atoms with van der Waals surface area (Å²) in [4.78, 5) is 11.8. The second-order valence-corrected chi connectivity index (χ2v) is 8.95. The first kappa shape index (κ1) is 26.4. The molecule has 0 amide bonds. The van der Waals surface area contributed by atoms with Crippen LogP contribution in [0.3, 0.4) is 0 Å². The van der Waals surface area contributed by atoms with Gasteiger partial charge in [0.1, 0.15) is 5.82 Å². The van der Waals surface area contributed by atoms with E-state index in [2.05, 4.69) is 96.0 Å². The van der Waals surface area contributed by atoms with Gasteiger partial charge >= 0.3 is 0 Å². The Morgan fingerprint density at radius 2 is 1.81 bits per heavy atom. The highest BCUT2D eigenvalue weighted by Crippen LogP contribution is 2.18. The zero-order valence-corrected chi connectivity index (χ0v) is 22.2. The van der Waals surface area contributed by atoms with Gasteiger partial charge < -0.3 is 20.9 Å². The summed E-state index contributed by atoms with van der Waals surface area (Å²) < 4.78 is 0. The van der Waals surface area contributed by atoms with E-state index in [0.29, 0.717) is 12.6 Å². The van der Waals surface area contributed by atoms with Crippen LogP contribution in [0.4, 0.5) is 5.82 Å². The summed E-state index contributed by atoms with van der Waals surface area (Å²) in [5.41, 5.74) is 1.18. The Hall–Kier alpha value is -1.87. The van der Waals surface area contributed by atoms with Crippen molar-refractivity contribution in [2.75, 3.05) is 31.1 Å². The molecule has 7 heteroatoms. The van der Waals surface area contributed by atoms with Crippen LogP contribution in [0.25, 0.3) is 0 Å². The molecule has 1 aromatic heterocycles. The number of anilines is 1. The molecular weight excluding hydrogens is 511 g/mol. The molecule has 6 nitrogen and oxygen atoms in total. The Morgan fingerprint density at radius 1 is 1.12 bits per heavy atom. The molecule has 0 saturated carbocycles. The predicted octanol–water partition coefficient (Wildman–Crippen LogP) is 4.35. The van der Waals surface area contributed by atoms with Crippen molar-refractivity contribution in [3.8, 4) is 0 Å². The number of aromatic nitrogens is 1. The Balaban J connectivity index is 0.00000363. The summed E-state index contributed by atoms with van der Waals surface area (Å²) in [6, 6.07) is 17.4. The van der Waals surface area contributed by atoms with E-state index in [0.717, 1.165) is 44.3 Å². The van der Waals surface area contributed by atoms with E-state index >= 15 is 0 Å². The summed E-state index contributed by atoms with van der Waals surface area (Å²) in [6.45, 7) is 12.3. The number of rotatable bonds is 8. The van der Waals surface area contributed by atoms with E-state index in [1.54, 1.807) is 0 Å². The molecule has 0 radical (unpaired) electrons. The molecule has 2 heterocycles. The zero-order chi connectivity index (χ0) is 22.1. The molecule has 3 rings (SSSR count). The monoisotopic (exact) mass is 550 g/mol. The maximum atomic E-state index is 4.91. The second-order valence-electron chi connectivity index (χ2n) is 8.95. The lowest BCUT2D eigenvalue weighted by molar-refractivity contribution is 0.356. The van der Waals surface area contributed by atoms with E-state index in [9.17, 15) is 0 Å². The van der Waals surface area contributed by atoms with Crippen LogP contribution >= 0.6 is 24.0 Å². The van der Waals surface area contributed by atoms with Gasteiger partial charge in [-0.05, 0) is 58.2 Å². The number of benzene rings is 1. The smallest absolute Gasteiger partial charge is 0.191 e. The molecule has 1 fully saturated rings. The van der Waals surface area contributed by atoms with Gasteiger partial charge in [0, 0.05) is 43.5 Å². The third-order valence-electron chi connectivity index (χ3n) is 5.69. The number of aliphatic imine (C=N–C) groups is 1. The summed E-state index contributed by atoms with van der Waals surface area (Å²) in [7, 11) is 0. The third-order valence-corrected chi connectivity index (χ3v) is 5.69. The Kier molecular flexibility index (Phi) is 10.7. The number of hydrogen-bond acceptors (Lipinski definition) is 4. The van der Waals surface area contributed by atoms with Gasteiger partial charge in [-0.3, -0.25) is 4.99 Å². The average Bonchev–Trinajstić information content (AvgIpc) is 2.79. The number of piperidine rings is 1. The summed E-state index contributed by atoms with van der Waals surface area (Å²) in [5, 5.41) is 10.8. The Bertz CT molecular complexity index is 804. The molecule has 1 unspecified atom stereocenters. The number of hydrogen-bond donors (Lipinski definition) is 3. The summed E-state index contributed by atoms with van der Waals surface area (Å²) in [6.07, 6.45) is 4.02. The molecule has 0 spiro atoms. The van der Waals surface area contributed by atoms with Crippen molar-refractivity contribution >= 4 is 35.8 Å². The molecule has 3 N–H and O–H groups in total. The van der Waals surface area contributed by atoms with Gasteiger partial charge in [-0.25, -0.2) is 4.98 Å². The second kappa shape index (κ2) is 13.0. The molecule has 1 atom stereocenters. The first-order valence-electron chi connectivity index (χ1n) is 11.5. The van der Waals surface area contributed by atoms with Gasteiger partial charge in [0.25, 0.3) is 0 Å². The van der Waals surface area contributed by atoms with Crippen LogP contribution in [0.1, 0.15) is 52.1 Å². The van der Waals surface area contributed by atoms with Gasteiger partial charge in [0.05, 0.1) is 6.54 Å². The fourth-order valence-corrected chi connectivity index (χ4v) is 4.04. The topological polar surface area (TPSA) is 64.6 Å². The highest BCUT2D eigenvalue weighted by molar-refractivity contribution is 14.0.